The molecule has 162 valence electrons. The lowest BCUT2D eigenvalue weighted by molar-refractivity contribution is 0.382. The number of rotatable bonds is 5. The Bertz CT molecular complexity index is 973. The minimum Gasteiger partial charge on any atom is -0.355 e. The minimum atomic E-state index is -3.75. The summed E-state index contributed by atoms with van der Waals surface area (Å²) >= 11 is 0. The van der Waals surface area contributed by atoms with Crippen LogP contribution < -0.4 is 9.80 Å². The van der Waals surface area contributed by atoms with Gasteiger partial charge in [-0.15, -0.1) is 10.2 Å². The number of hydrogen-bond acceptors (Lipinski definition) is 6. The van der Waals surface area contributed by atoms with Gasteiger partial charge in [-0.1, -0.05) is 0 Å². The molecule has 0 N–H and O–H groups in total. The predicted octanol–water partition coefficient (Wildman–Crippen LogP) is 2.40. The molecule has 1 aromatic carbocycles. The average molecular weight is 438 g/mol. The van der Waals surface area contributed by atoms with Crippen LogP contribution in [-0.2, 0) is 15.8 Å². The maximum Gasteiger partial charge on any atom is 0.218 e. The van der Waals surface area contributed by atoms with E-state index in [9.17, 15) is 17.2 Å². The molecule has 0 amide bonds. The summed E-state index contributed by atoms with van der Waals surface area (Å²) < 4.78 is 53.8. The molecule has 0 spiro atoms. The van der Waals surface area contributed by atoms with Gasteiger partial charge in [-0.3, -0.25) is 0 Å². The number of piperazine rings is 1. The SMILES string of the molecule is O=S(=O)(Cc1cc(F)ccc1F)N1CCN(c2ccc(N3CCCCC3)nn2)CC1. The molecule has 0 radical (unpaired) electrons. The molecule has 10 heteroatoms. The van der Waals surface area contributed by atoms with Crippen LogP contribution in [0.3, 0.4) is 0 Å². The van der Waals surface area contributed by atoms with Gasteiger partial charge < -0.3 is 9.80 Å². The highest BCUT2D eigenvalue weighted by atomic mass is 32.2. The van der Waals surface area contributed by atoms with Crippen LogP contribution in [0.25, 0.3) is 0 Å². The molecule has 0 unspecified atom stereocenters. The first-order valence-corrected chi connectivity index (χ1v) is 11.8. The van der Waals surface area contributed by atoms with Crippen molar-refractivity contribution in [1.29, 1.82) is 0 Å². The van der Waals surface area contributed by atoms with Gasteiger partial charge in [0.2, 0.25) is 10.0 Å². The number of piperidine rings is 1. The molecular formula is C20H25F2N5O2S. The molecule has 2 aliphatic heterocycles. The summed E-state index contributed by atoms with van der Waals surface area (Å²) in [5.74, 6) is -0.345. The Labute approximate surface area is 175 Å². The lowest BCUT2D eigenvalue weighted by Crippen LogP contribution is -2.49. The molecule has 0 aliphatic carbocycles. The van der Waals surface area contributed by atoms with Crippen LogP contribution in [0, 0.1) is 11.6 Å². The van der Waals surface area contributed by atoms with E-state index >= 15 is 0 Å². The van der Waals surface area contributed by atoms with Crippen molar-refractivity contribution in [3.05, 3.63) is 47.5 Å². The Kier molecular flexibility index (Phi) is 6.14. The molecule has 30 heavy (non-hydrogen) atoms. The number of sulfonamides is 1. The van der Waals surface area contributed by atoms with Gasteiger partial charge in [-0.2, -0.15) is 4.31 Å². The van der Waals surface area contributed by atoms with Gasteiger partial charge in [0.05, 0.1) is 5.75 Å². The molecule has 4 rings (SSSR count). The topological polar surface area (TPSA) is 69.6 Å². The molecule has 2 aromatic rings. The van der Waals surface area contributed by atoms with E-state index in [0.717, 1.165) is 37.1 Å². The Morgan fingerprint density at radius 1 is 0.800 bits per heavy atom. The van der Waals surface area contributed by atoms with Crippen LogP contribution >= 0.6 is 0 Å². The van der Waals surface area contributed by atoms with Crippen LogP contribution in [0.15, 0.2) is 30.3 Å². The molecule has 2 saturated heterocycles. The Hall–Kier alpha value is -2.33. The zero-order valence-electron chi connectivity index (χ0n) is 16.7. The average Bonchev–Trinajstić information content (AvgIpc) is 2.77. The Morgan fingerprint density at radius 2 is 1.40 bits per heavy atom. The summed E-state index contributed by atoms with van der Waals surface area (Å²) in [6, 6.07) is 6.74. The van der Waals surface area contributed by atoms with Crippen LogP contribution in [0.4, 0.5) is 20.4 Å². The second kappa shape index (κ2) is 8.81. The summed E-state index contributed by atoms with van der Waals surface area (Å²) in [7, 11) is -3.75. The van der Waals surface area contributed by atoms with Crippen molar-refractivity contribution in [1.82, 2.24) is 14.5 Å². The van der Waals surface area contributed by atoms with E-state index in [1.807, 2.05) is 17.0 Å². The van der Waals surface area contributed by atoms with Crippen molar-refractivity contribution in [2.24, 2.45) is 0 Å². The molecule has 0 bridgehead atoms. The van der Waals surface area contributed by atoms with Crippen LogP contribution in [0.1, 0.15) is 24.8 Å². The number of hydrogen-bond donors (Lipinski definition) is 0. The summed E-state index contributed by atoms with van der Waals surface area (Å²) in [5, 5.41) is 8.67. The van der Waals surface area contributed by atoms with E-state index in [4.69, 9.17) is 0 Å². The quantitative estimate of drug-likeness (QED) is 0.716. The lowest BCUT2D eigenvalue weighted by Gasteiger charge is -2.34. The van der Waals surface area contributed by atoms with E-state index in [1.165, 1.54) is 23.6 Å². The molecule has 7 nitrogen and oxygen atoms in total. The van der Waals surface area contributed by atoms with Gasteiger partial charge in [-0.05, 0) is 49.6 Å². The van der Waals surface area contributed by atoms with Crippen molar-refractivity contribution in [2.75, 3.05) is 49.1 Å². The van der Waals surface area contributed by atoms with Gasteiger partial charge >= 0.3 is 0 Å². The third-order valence-electron chi connectivity index (χ3n) is 5.62. The molecule has 0 saturated carbocycles. The van der Waals surface area contributed by atoms with Crippen molar-refractivity contribution in [3.63, 3.8) is 0 Å². The fraction of sp³-hybridized carbons (Fsp3) is 0.500. The molecule has 3 heterocycles. The molecular weight excluding hydrogens is 412 g/mol. The number of halogens is 2. The number of benzene rings is 1. The van der Waals surface area contributed by atoms with Crippen LogP contribution in [0.5, 0.6) is 0 Å². The summed E-state index contributed by atoms with van der Waals surface area (Å²) in [5.41, 5.74) is -0.156. The fourth-order valence-electron chi connectivity index (χ4n) is 3.92. The van der Waals surface area contributed by atoms with Gasteiger partial charge in [0, 0.05) is 44.8 Å². The highest BCUT2D eigenvalue weighted by Gasteiger charge is 2.29. The first-order valence-electron chi connectivity index (χ1n) is 10.2. The third-order valence-corrected chi connectivity index (χ3v) is 7.45. The second-order valence-corrected chi connectivity index (χ2v) is 9.64. The zero-order valence-corrected chi connectivity index (χ0v) is 17.5. The largest absolute Gasteiger partial charge is 0.355 e. The molecule has 0 atom stereocenters. The van der Waals surface area contributed by atoms with Gasteiger partial charge in [0.15, 0.2) is 11.6 Å². The molecule has 2 fully saturated rings. The Balaban J connectivity index is 1.36. The summed E-state index contributed by atoms with van der Waals surface area (Å²) in [4.78, 5) is 4.22. The number of nitrogens with zero attached hydrogens (tertiary/aromatic N) is 5. The summed E-state index contributed by atoms with van der Waals surface area (Å²) in [6.45, 7) is 3.43. The predicted molar refractivity (Wildman–Crippen MR) is 111 cm³/mol. The van der Waals surface area contributed by atoms with E-state index in [1.54, 1.807) is 0 Å². The fourth-order valence-corrected chi connectivity index (χ4v) is 5.43. The van der Waals surface area contributed by atoms with Gasteiger partial charge in [0.25, 0.3) is 0 Å². The maximum atomic E-state index is 13.8. The zero-order chi connectivity index (χ0) is 21.1. The highest BCUT2D eigenvalue weighted by Crippen LogP contribution is 2.21. The van der Waals surface area contributed by atoms with Gasteiger partial charge in [-0.25, -0.2) is 17.2 Å². The smallest absolute Gasteiger partial charge is 0.218 e. The number of aromatic nitrogens is 2. The van der Waals surface area contributed by atoms with E-state index < -0.39 is 27.4 Å². The summed E-state index contributed by atoms with van der Waals surface area (Å²) in [6.07, 6.45) is 3.58. The van der Waals surface area contributed by atoms with E-state index in [0.29, 0.717) is 18.9 Å². The van der Waals surface area contributed by atoms with Crippen molar-refractivity contribution < 1.29 is 17.2 Å². The van der Waals surface area contributed by atoms with Gasteiger partial charge in [0.1, 0.15) is 11.6 Å². The standard InChI is InChI=1S/C20H25F2N5O2S/c21-17-4-5-18(22)16(14-17)15-30(28,29)27-12-10-26(11-13-27)20-7-6-19(23-24-20)25-8-2-1-3-9-25/h4-7,14H,1-3,8-13,15H2. The van der Waals surface area contributed by atoms with Crippen LogP contribution in [0.2, 0.25) is 0 Å². The maximum absolute atomic E-state index is 13.8. The monoisotopic (exact) mass is 437 g/mol. The van der Waals surface area contributed by atoms with Crippen molar-refractivity contribution in [2.45, 2.75) is 25.0 Å². The second-order valence-electron chi connectivity index (χ2n) is 7.68. The molecule has 1 aromatic heterocycles. The molecule has 2 aliphatic rings. The lowest BCUT2D eigenvalue weighted by atomic mass is 10.1. The normalized spacial score (nSPS) is 18.6. The number of anilines is 2. The van der Waals surface area contributed by atoms with E-state index in [-0.39, 0.29) is 18.7 Å². The highest BCUT2D eigenvalue weighted by molar-refractivity contribution is 7.88. The first kappa shape index (κ1) is 20.9. The van der Waals surface area contributed by atoms with Crippen molar-refractivity contribution in [3.8, 4) is 0 Å². The van der Waals surface area contributed by atoms with Crippen molar-refractivity contribution >= 4 is 21.7 Å². The first-order chi connectivity index (χ1) is 14.4. The Morgan fingerprint density at radius 3 is 2.00 bits per heavy atom. The third kappa shape index (κ3) is 4.70. The van der Waals surface area contributed by atoms with Crippen LogP contribution in [-0.4, -0.2) is 62.2 Å². The minimum absolute atomic E-state index is 0.156. The van der Waals surface area contributed by atoms with E-state index in [2.05, 4.69) is 15.1 Å².